The average Bonchev–Trinajstić information content (AvgIpc) is 2.58. The predicted octanol–water partition coefficient (Wildman–Crippen LogP) is 5.34. The van der Waals surface area contributed by atoms with Gasteiger partial charge < -0.3 is 0 Å². The average molecular weight is 310 g/mol. The third-order valence-corrected chi connectivity index (χ3v) is 4.33. The molecule has 2 nitrogen and oxygen atoms in total. The van der Waals surface area contributed by atoms with Gasteiger partial charge in [0, 0.05) is 23.8 Å². The van der Waals surface area contributed by atoms with Crippen molar-refractivity contribution in [3.8, 4) is 0 Å². The van der Waals surface area contributed by atoms with Crippen LogP contribution in [0.25, 0.3) is 0 Å². The quantitative estimate of drug-likeness (QED) is 0.554. The molecule has 0 saturated heterocycles. The Morgan fingerprint density at radius 1 is 0.652 bits per heavy atom. The van der Waals surface area contributed by atoms with Crippen molar-refractivity contribution in [3.63, 3.8) is 0 Å². The molecule has 0 N–H and O–H groups in total. The van der Waals surface area contributed by atoms with E-state index >= 15 is 0 Å². The largest absolute Gasteiger partial charge is 0.261 e. The van der Waals surface area contributed by atoms with E-state index in [1.54, 1.807) is 0 Å². The van der Waals surface area contributed by atoms with Crippen LogP contribution in [-0.4, -0.2) is 9.97 Å². The Balaban J connectivity index is 1.76. The second kappa shape index (κ2) is 10.1. The number of nitrogens with zero attached hydrogens (tertiary/aromatic N) is 2. The fraction of sp³-hybridized carbons (Fsp3) is 0.524. The van der Waals surface area contributed by atoms with Gasteiger partial charge in [0.05, 0.1) is 0 Å². The van der Waals surface area contributed by atoms with Gasteiger partial charge in [0.2, 0.25) is 0 Å². The standard InChI is InChI=1S/C21H30N2/c1-3-10-20-18(14-8-16-22-20)12-6-5-7-13-19-15-9-17-23-21(19)11-4-2/h8-9,14-17H,3-7,10-13H2,1-2H3. The van der Waals surface area contributed by atoms with Crippen molar-refractivity contribution < 1.29 is 0 Å². The Labute approximate surface area is 141 Å². The summed E-state index contributed by atoms with van der Waals surface area (Å²) in [5.41, 5.74) is 5.49. The molecule has 2 aromatic rings. The van der Waals surface area contributed by atoms with Crippen LogP contribution in [-0.2, 0) is 25.7 Å². The first kappa shape index (κ1) is 17.7. The van der Waals surface area contributed by atoms with Crippen LogP contribution in [0.4, 0.5) is 0 Å². The van der Waals surface area contributed by atoms with E-state index in [4.69, 9.17) is 0 Å². The van der Waals surface area contributed by atoms with Crippen LogP contribution in [0.5, 0.6) is 0 Å². The summed E-state index contributed by atoms with van der Waals surface area (Å²) >= 11 is 0. The highest BCUT2D eigenvalue weighted by atomic mass is 14.7. The van der Waals surface area contributed by atoms with Crippen LogP contribution in [0.15, 0.2) is 36.7 Å². The van der Waals surface area contributed by atoms with Crippen LogP contribution >= 0.6 is 0 Å². The highest BCUT2D eigenvalue weighted by molar-refractivity contribution is 5.21. The lowest BCUT2D eigenvalue weighted by Crippen LogP contribution is -1.99. The minimum Gasteiger partial charge on any atom is -0.261 e. The zero-order valence-corrected chi connectivity index (χ0v) is 14.7. The van der Waals surface area contributed by atoms with Crippen molar-refractivity contribution in [3.05, 3.63) is 59.2 Å². The Hall–Kier alpha value is -1.70. The molecule has 2 aromatic heterocycles. The number of rotatable bonds is 10. The number of hydrogen-bond donors (Lipinski definition) is 0. The summed E-state index contributed by atoms with van der Waals surface area (Å²) in [5.74, 6) is 0. The van der Waals surface area contributed by atoms with E-state index in [2.05, 4.69) is 48.1 Å². The van der Waals surface area contributed by atoms with Crippen molar-refractivity contribution in [2.75, 3.05) is 0 Å². The van der Waals surface area contributed by atoms with Gasteiger partial charge in [-0.15, -0.1) is 0 Å². The predicted molar refractivity (Wildman–Crippen MR) is 97.7 cm³/mol. The van der Waals surface area contributed by atoms with Crippen LogP contribution in [0.3, 0.4) is 0 Å². The Bertz CT molecular complexity index is 526. The summed E-state index contributed by atoms with van der Waals surface area (Å²) in [6.07, 6.45) is 14.5. The maximum absolute atomic E-state index is 4.54. The van der Waals surface area contributed by atoms with Gasteiger partial charge in [-0.25, -0.2) is 0 Å². The minimum absolute atomic E-state index is 1.10. The molecule has 0 bridgehead atoms. The van der Waals surface area contributed by atoms with E-state index in [0.717, 1.165) is 25.7 Å². The number of aryl methyl sites for hydroxylation is 4. The molecule has 0 saturated carbocycles. The molecule has 2 rings (SSSR count). The van der Waals surface area contributed by atoms with E-state index in [0.29, 0.717) is 0 Å². The smallest absolute Gasteiger partial charge is 0.0435 e. The lowest BCUT2D eigenvalue weighted by molar-refractivity contribution is 0.667. The van der Waals surface area contributed by atoms with Crippen LogP contribution in [0.2, 0.25) is 0 Å². The van der Waals surface area contributed by atoms with Gasteiger partial charge >= 0.3 is 0 Å². The summed E-state index contributed by atoms with van der Waals surface area (Å²) in [4.78, 5) is 9.08. The van der Waals surface area contributed by atoms with Gasteiger partial charge in [0.15, 0.2) is 0 Å². The first-order valence-electron chi connectivity index (χ1n) is 9.20. The summed E-state index contributed by atoms with van der Waals surface area (Å²) in [5, 5.41) is 0. The lowest BCUT2D eigenvalue weighted by Gasteiger charge is -2.09. The molecule has 0 atom stereocenters. The van der Waals surface area contributed by atoms with Gasteiger partial charge in [-0.1, -0.05) is 45.2 Å². The summed E-state index contributed by atoms with van der Waals surface area (Å²) in [7, 11) is 0. The van der Waals surface area contributed by atoms with E-state index in [1.165, 1.54) is 54.6 Å². The molecular formula is C21H30N2. The maximum atomic E-state index is 4.54. The van der Waals surface area contributed by atoms with Crippen molar-refractivity contribution in [2.24, 2.45) is 0 Å². The Kier molecular flexibility index (Phi) is 7.79. The first-order chi connectivity index (χ1) is 11.3. The highest BCUT2D eigenvalue weighted by Crippen LogP contribution is 2.15. The van der Waals surface area contributed by atoms with E-state index in [1.807, 2.05) is 12.4 Å². The van der Waals surface area contributed by atoms with Gasteiger partial charge in [-0.3, -0.25) is 9.97 Å². The zero-order valence-electron chi connectivity index (χ0n) is 14.7. The molecule has 0 amide bonds. The summed E-state index contributed by atoms with van der Waals surface area (Å²) < 4.78 is 0. The lowest BCUT2D eigenvalue weighted by atomic mass is 10.00. The fourth-order valence-electron chi connectivity index (χ4n) is 3.13. The molecule has 0 aliphatic rings. The van der Waals surface area contributed by atoms with Gasteiger partial charge in [-0.2, -0.15) is 0 Å². The van der Waals surface area contributed by atoms with Crippen molar-refractivity contribution in [2.45, 2.75) is 71.6 Å². The molecule has 23 heavy (non-hydrogen) atoms. The minimum atomic E-state index is 1.10. The summed E-state index contributed by atoms with van der Waals surface area (Å²) in [6, 6.07) is 8.64. The highest BCUT2D eigenvalue weighted by Gasteiger charge is 2.04. The first-order valence-corrected chi connectivity index (χ1v) is 9.20. The Morgan fingerprint density at radius 2 is 1.13 bits per heavy atom. The number of pyridine rings is 2. The normalized spacial score (nSPS) is 10.9. The van der Waals surface area contributed by atoms with E-state index in [9.17, 15) is 0 Å². The molecule has 0 aromatic carbocycles. The maximum Gasteiger partial charge on any atom is 0.0435 e. The third kappa shape index (κ3) is 5.78. The van der Waals surface area contributed by atoms with Crippen molar-refractivity contribution in [1.29, 1.82) is 0 Å². The molecule has 124 valence electrons. The van der Waals surface area contributed by atoms with Crippen LogP contribution < -0.4 is 0 Å². The second-order valence-electron chi connectivity index (χ2n) is 6.28. The molecule has 0 fully saturated rings. The van der Waals surface area contributed by atoms with Gasteiger partial charge in [0.1, 0.15) is 0 Å². The number of unbranched alkanes of at least 4 members (excludes halogenated alkanes) is 2. The molecule has 0 radical (unpaired) electrons. The van der Waals surface area contributed by atoms with Gasteiger partial charge in [0.25, 0.3) is 0 Å². The monoisotopic (exact) mass is 310 g/mol. The molecular weight excluding hydrogens is 280 g/mol. The topological polar surface area (TPSA) is 25.8 Å². The fourth-order valence-corrected chi connectivity index (χ4v) is 3.13. The van der Waals surface area contributed by atoms with Crippen molar-refractivity contribution >= 4 is 0 Å². The zero-order chi connectivity index (χ0) is 16.3. The number of hydrogen-bond acceptors (Lipinski definition) is 2. The van der Waals surface area contributed by atoms with E-state index < -0.39 is 0 Å². The molecule has 0 unspecified atom stereocenters. The number of aromatic nitrogens is 2. The Morgan fingerprint density at radius 3 is 1.57 bits per heavy atom. The molecule has 2 heterocycles. The second-order valence-corrected chi connectivity index (χ2v) is 6.28. The van der Waals surface area contributed by atoms with Crippen LogP contribution in [0, 0.1) is 0 Å². The van der Waals surface area contributed by atoms with Crippen molar-refractivity contribution in [1.82, 2.24) is 9.97 Å². The molecule has 0 aliphatic heterocycles. The molecule has 0 spiro atoms. The van der Waals surface area contributed by atoms with Crippen LogP contribution in [0.1, 0.15) is 68.5 Å². The van der Waals surface area contributed by atoms with Gasteiger partial charge in [-0.05, 0) is 61.8 Å². The molecule has 0 aliphatic carbocycles. The molecule has 2 heteroatoms. The third-order valence-electron chi connectivity index (χ3n) is 4.33. The summed E-state index contributed by atoms with van der Waals surface area (Å²) in [6.45, 7) is 4.44. The van der Waals surface area contributed by atoms with E-state index in [-0.39, 0.29) is 0 Å². The SMILES string of the molecule is CCCc1ncccc1CCCCCc1cccnc1CCC.